The molecule has 4 nitrogen and oxygen atoms in total. The second-order valence-electron chi connectivity index (χ2n) is 6.58. The molecule has 0 N–H and O–H groups in total. The van der Waals surface area contributed by atoms with E-state index in [1.54, 1.807) is 0 Å². The van der Waals surface area contributed by atoms with Gasteiger partial charge in [0.05, 0.1) is 12.2 Å². The van der Waals surface area contributed by atoms with Gasteiger partial charge in [0, 0.05) is 38.1 Å². The van der Waals surface area contributed by atoms with Crippen LogP contribution in [-0.4, -0.2) is 59.2 Å². The first kappa shape index (κ1) is 14.9. The number of pyridine rings is 1. The molecule has 1 aromatic heterocycles. The normalized spacial score (nSPS) is 29.6. The summed E-state index contributed by atoms with van der Waals surface area (Å²) in [5.74, 6) is 0. The molecule has 3 rings (SSSR count). The summed E-state index contributed by atoms with van der Waals surface area (Å²) in [7, 11) is 0. The predicted molar refractivity (Wildman–Crippen MR) is 84.1 cm³/mol. The molecule has 0 bridgehead atoms. The lowest BCUT2D eigenvalue weighted by Gasteiger charge is -2.43. The van der Waals surface area contributed by atoms with Gasteiger partial charge in [-0.05, 0) is 51.4 Å². The standard InChI is InChI=1S/C17H27N3O/c1-14-11-20(12-15(2)21-14)17-5-8-19(9-6-17)13-16-4-3-7-18-10-16/h3-4,7,10,14-15,17H,5-6,8-9,11-13H2,1-2H3/t14-,15-/m0/s1. The highest BCUT2D eigenvalue weighted by molar-refractivity contribution is 5.08. The molecule has 2 fully saturated rings. The Morgan fingerprint density at radius 2 is 1.90 bits per heavy atom. The fraction of sp³-hybridized carbons (Fsp3) is 0.706. The van der Waals surface area contributed by atoms with Crippen LogP contribution in [0, 0.1) is 0 Å². The van der Waals surface area contributed by atoms with E-state index < -0.39 is 0 Å². The summed E-state index contributed by atoms with van der Waals surface area (Å²) >= 11 is 0. The average molecular weight is 289 g/mol. The van der Waals surface area contributed by atoms with E-state index in [0.717, 1.165) is 25.7 Å². The zero-order chi connectivity index (χ0) is 14.7. The van der Waals surface area contributed by atoms with Crippen LogP contribution in [0.2, 0.25) is 0 Å². The Kier molecular flexibility index (Phi) is 4.88. The fourth-order valence-corrected chi connectivity index (χ4v) is 3.71. The van der Waals surface area contributed by atoms with Crippen LogP contribution in [0.15, 0.2) is 24.5 Å². The van der Waals surface area contributed by atoms with E-state index in [1.165, 1.54) is 31.5 Å². The Balaban J connectivity index is 1.48. The largest absolute Gasteiger partial charge is 0.373 e. The van der Waals surface area contributed by atoms with Crippen LogP contribution >= 0.6 is 0 Å². The van der Waals surface area contributed by atoms with Crippen molar-refractivity contribution >= 4 is 0 Å². The van der Waals surface area contributed by atoms with Gasteiger partial charge in [0.25, 0.3) is 0 Å². The molecule has 0 spiro atoms. The highest BCUT2D eigenvalue weighted by Crippen LogP contribution is 2.22. The maximum Gasteiger partial charge on any atom is 0.0678 e. The number of hydrogen-bond donors (Lipinski definition) is 0. The quantitative estimate of drug-likeness (QED) is 0.852. The van der Waals surface area contributed by atoms with Gasteiger partial charge in [-0.15, -0.1) is 0 Å². The van der Waals surface area contributed by atoms with Gasteiger partial charge in [-0.3, -0.25) is 14.8 Å². The topological polar surface area (TPSA) is 28.6 Å². The maximum atomic E-state index is 5.85. The van der Waals surface area contributed by atoms with E-state index in [1.807, 2.05) is 18.5 Å². The van der Waals surface area contributed by atoms with Crippen LogP contribution in [-0.2, 0) is 11.3 Å². The number of likely N-dealkylation sites (tertiary alicyclic amines) is 1. The highest BCUT2D eigenvalue weighted by Gasteiger charge is 2.30. The van der Waals surface area contributed by atoms with Crippen molar-refractivity contribution in [2.75, 3.05) is 26.2 Å². The predicted octanol–water partition coefficient (Wildman–Crippen LogP) is 2.16. The van der Waals surface area contributed by atoms with Crippen molar-refractivity contribution in [3.05, 3.63) is 30.1 Å². The molecule has 0 unspecified atom stereocenters. The Morgan fingerprint density at radius 1 is 1.19 bits per heavy atom. The molecule has 3 heterocycles. The molecule has 2 aliphatic heterocycles. The van der Waals surface area contributed by atoms with Gasteiger partial charge in [0.1, 0.15) is 0 Å². The van der Waals surface area contributed by atoms with Gasteiger partial charge in [-0.2, -0.15) is 0 Å². The number of aromatic nitrogens is 1. The summed E-state index contributed by atoms with van der Waals surface area (Å²) in [6.07, 6.45) is 7.14. The number of morpholine rings is 1. The summed E-state index contributed by atoms with van der Waals surface area (Å²) in [6.45, 7) is 10.0. The van der Waals surface area contributed by atoms with Gasteiger partial charge in [-0.25, -0.2) is 0 Å². The molecule has 0 aromatic carbocycles. The molecule has 2 aliphatic rings. The number of hydrogen-bond acceptors (Lipinski definition) is 4. The van der Waals surface area contributed by atoms with E-state index in [0.29, 0.717) is 12.2 Å². The van der Waals surface area contributed by atoms with Crippen LogP contribution in [0.25, 0.3) is 0 Å². The van der Waals surface area contributed by atoms with E-state index in [-0.39, 0.29) is 0 Å². The van der Waals surface area contributed by atoms with E-state index >= 15 is 0 Å². The Morgan fingerprint density at radius 3 is 2.52 bits per heavy atom. The Hall–Kier alpha value is -0.970. The fourth-order valence-electron chi connectivity index (χ4n) is 3.71. The Bertz CT molecular complexity index is 421. The third-order valence-corrected chi connectivity index (χ3v) is 4.65. The summed E-state index contributed by atoms with van der Waals surface area (Å²) in [4.78, 5) is 9.42. The lowest BCUT2D eigenvalue weighted by atomic mass is 10.0. The van der Waals surface area contributed by atoms with E-state index in [2.05, 4.69) is 34.7 Å². The molecule has 0 amide bonds. The van der Waals surface area contributed by atoms with Crippen LogP contribution in [0.5, 0.6) is 0 Å². The van der Waals surface area contributed by atoms with Crippen LogP contribution in [0.4, 0.5) is 0 Å². The van der Waals surface area contributed by atoms with E-state index in [9.17, 15) is 0 Å². The van der Waals surface area contributed by atoms with Crippen molar-refractivity contribution in [2.45, 2.75) is 51.5 Å². The minimum atomic E-state index is 0.377. The summed E-state index contributed by atoms with van der Waals surface area (Å²) < 4.78 is 5.85. The van der Waals surface area contributed by atoms with Gasteiger partial charge in [0.15, 0.2) is 0 Å². The van der Waals surface area contributed by atoms with Gasteiger partial charge in [-0.1, -0.05) is 6.07 Å². The molecule has 21 heavy (non-hydrogen) atoms. The van der Waals surface area contributed by atoms with Crippen molar-refractivity contribution in [3.8, 4) is 0 Å². The third kappa shape index (κ3) is 4.02. The first-order valence-electron chi connectivity index (χ1n) is 8.21. The average Bonchev–Trinajstić information content (AvgIpc) is 2.48. The molecular formula is C17H27N3O. The van der Waals surface area contributed by atoms with E-state index in [4.69, 9.17) is 4.74 Å². The van der Waals surface area contributed by atoms with Gasteiger partial charge < -0.3 is 4.74 Å². The zero-order valence-corrected chi connectivity index (χ0v) is 13.2. The van der Waals surface area contributed by atoms with Crippen molar-refractivity contribution < 1.29 is 4.74 Å². The number of rotatable bonds is 3. The maximum absolute atomic E-state index is 5.85. The third-order valence-electron chi connectivity index (χ3n) is 4.65. The summed E-state index contributed by atoms with van der Waals surface area (Å²) in [5.41, 5.74) is 1.32. The van der Waals surface area contributed by atoms with Crippen LogP contribution in [0.3, 0.4) is 0 Å². The summed E-state index contributed by atoms with van der Waals surface area (Å²) in [5, 5.41) is 0. The second-order valence-corrected chi connectivity index (χ2v) is 6.58. The molecule has 0 saturated carbocycles. The Labute approximate surface area is 128 Å². The monoisotopic (exact) mass is 289 g/mol. The molecule has 2 saturated heterocycles. The molecule has 0 radical (unpaired) electrons. The molecule has 1 aromatic rings. The number of ether oxygens (including phenoxy) is 1. The molecule has 4 heteroatoms. The smallest absolute Gasteiger partial charge is 0.0678 e. The van der Waals surface area contributed by atoms with Crippen molar-refractivity contribution in [1.29, 1.82) is 0 Å². The van der Waals surface area contributed by atoms with Gasteiger partial charge >= 0.3 is 0 Å². The van der Waals surface area contributed by atoms with Crippen LogP contribution in [0.1, 0.15) is 32.3 Å². The molecular weight excluding hydrogens is 262 g/mol. The lowest BCUT2D eigenvalue weighted by molar-refractivity contribution is -0.0865. The first-order chi connectivity index (χ1) is 10.2. The molecule has 116 valence electrons. The lowest BCUT2D eigenvalue weighted by Crippen LogP contribution is -2.53. The minimum absolute atomic E-state index is 0.377. The van der Waals surface area contributed by atoms with Crippen molar-refractivity contribution in [1.82, 2.24) is 14.8 Å². The zero-order valence-electron chi connectivity index (χ0n) is 13.2. The summed E-state index contributed by atoms with van der Waals surface area (Å²) in [6, 6.07) is 4.94. The SMILES string of the molecule is C[C@H]1CN(C2CCN(Cc3cccnc3)CC2)C[C@H](C)O1. The highest BCUT2D eigenvalue weighted by atomic mass is 16.5. The number of nitrogens with zero attached hydrogens (tertiary/aromatic N) is 3. The molecule has 2 atom stereocenters. The first-order valence-corrected chi connectivity index (χ1v) is 8.21. The molecule has 0 aliphatic carbocycles. The minimum Gasteiger partial charge on any atom is -0.373 e. The number of piperidine rings is 1. The van der Waals surface area contributed by atoms with Crippen molar-refractivity contribution in [3.63, 3.8) is 0 Å². The van der Waals surface area contributed by atoms with Gasteiger partial charge in [0.2, 0.25) is 0 Å². The van der Waals surface area contributed by atoms with Crippen LogP contribution < -0.4 is 0 Å². The second kappa shape index (κ2) is 6.86. The van der Waals surface area contributed by atoms with Crippen molar-refractivity contribution in [2.24, 2.45) is 0 Å².